The Labute approximate surface area is 126 Å². The molecule has 0 heterocycles. The van der Waals surface area contributed by atoms with Crippen LogP contribution in [0, 0.1) is 0 Å². The van der Waals surface area contributed by atoms with Crippen LogP contribution < -0.4 is 0 Å². The first-order chi connectivity index (χ1) is 9.66. The quantitative estimate of drug-likeness (QED) is 0.793. The molecule has 0 fully saturated rings. The molecule has 104 valence electrons. The van der Waals surface area contributed by atoms with E-state index < -0.39 is 0 Å². The van der Waals surface area contributed by atoms with Gasteiger partial charge in [0, 0.05) is 27.2 Å². The number of rotatable bonds is 4. The van der Waals surface area contributed by atoms with Crippen molar-refractivity contribution in [2.24, 2.45) is 0 Å². The Kier molecular flexibility index (Phi) is 5.13. The monoisotopic (exact) mass is 284 g/mol. The zero-order chi connectivity index (χ0) is 14.4. The summed E-state index contributed by atoms with van der Waals surface area (Å²) >= 11 is 5.55. The summed E-state index contributed by atoms with van der Waals surface area (Å²) in [7, 11) is 4.08. The van der Waals surface area contributed by atoms with Crippen LogP contribution in [-0.4, -0.2) is 29.0 Å². The molecular weight excluding hydrogens is 264 g/mol. The summed E-state index contributed by atoms with van der Waals surface area (Å²) in [5.41, 5.74) is 2.54. The molecule has 0 saturated carbocycles. The molecule has 0 saturated heterocycles. The molecule has 0 atom stereocenters. The molecule has 2 rings (SSSR count). The minimum absolute atomic E-state index is 0.832. The molecule has 3 heteroatoms. The summed E-state index contributed by atoms with van der Waals surface area (Å²) in [6.45, 7) is 1.66. The summed E-state index contributed by atoms with van der Waals surface area (Å²) in [6, 6.07) is 20.8. The van der Waals surface area contributed by atoms with E-state index in [2.05, 4.69) is 58.3 Å². The molecule has 0 radical (unpaired) electrons. The maximum atomic E-state index is 5.55. The fraction of sp³-hybridized carbons (Fsp3) is 0.235. The SMILES string of the molecule is CN(Cc1ccccc1)C(=S)N(C)Cc1ccccc1. The predicted molar refractivity (Wildman–Crippen MR) is 88.4 cm³/mol. The second-order valence-electron chi connectivity index (χ2n) is 4.97. The molecule has 0 unspecified atom stereocenters. The Morgan fingerprint density at radius 3 is 1.45 bits per heavy atom. The van der Waals surface area contributed by atoms with Gasteiger partial charge < -0.3 is 9.80 Å². The molecule has 0 aliphatic carbocycles. The highest BCUT2D eigenvalue weighted by Crippen LogP contribution is 2.08. The second kappa shape index (κ2) is 7.06. The Balaban J connectivity index is 1.93. The van der Waals surface area contributed by atoms with Crippen LogP contribution >= 0.6 is 12.2 Å². The molecule has 2 aromatic rings. The van der Waals surface area contributed by atoms with Crippen LogP contribution in [0.25, 0.3) is 0 Å². The van der Waals surface area contributed by atoms with Gasteiger partial charge in [-0.2, -0.15) is 0 Å². The van der Waals surface area contributed by atoms with Gasteiger partial charge in [0.1, 0.15) is 0 Å². The minimum Gasteiger partial charge on any atom is -0.348 e. The fourth-order valence-corrected chi connectivity index (χ4v) is 2.27. The lowest BCUT2D eigenvalue weighted by Gasteiger charge is -2.28. The van der Waals surface area contributed by atoms with Crippen molar-refractivity contribution in [1.82, 2.24) is 9.80 Å². The molecule has 0 spiro atoms. The Bertz CT molecular complexity index is 490. The van der Waals surface area contributed by atoms with Gasteiger partial charge in [0.05, 0.1) is 0 Å². The summed E-state index contributed by atoms with van der Waals surface area (Å²) < 4.78 is 0. The lowest BCUT2D eigenvalue weighted by Crippen LogP contribution is -2.37. The number of thiocarbonyl (C=S) groups is 1. The van der Waals surface area contributed by atoms with Crippen molar-refractivity contribution >= 4 is 17.3 Å². The maximum absolute atomic E-state index is 5.55. The summed E-state index contributed by atoms with van der Waals surface area (Å²) in [5.74, 6) is 0. The largest absolute Gasteiger partial charge is 0.348 e. The van der Waals surface area contributed by atoms with Crippen molar-refractivity contribution in [3.05, 3.63) is 71.8 Å². The second-order valence-corrected chi connectivity index (χ2v) is 5.33. The zero-order valence-corrected chi connectivity index (χ0v) is 12.8. The number of hydrogen-bond acceptors (Lipinski definition) is 1. The van der Waals surface area contributed by atoms with Crippen molar-refractivity contribution in [3.8, 4) is 0 Å². The number of benzene rings is 2. The van der Waals surface area contributed by atoms with Gasteiger partial charge in [-0.25, -0.2) is 0 Å². The van der Waals surface area contributed by atoms with Crippen molar-refractivity contribution < 1.29 is 0 Å². The summed E-state index contributed by atoms with van der Waals surface area (Å²) in [5, 5.41) is 0.859. The van der Waals surface area contributed by atoms with E-state index in [1.807, 2.05) is 26.2 Å². The third-order valence-corrected chi connectivity index (χ3v) is 3.80. The zero-order valence-electron chi connectivity index (χ0n) is 12.0. The third-order valence-electron chi connectivity index (χ3n) is 3.18. The van der Waals surface area contributed by atoms with Crippen molar-refractivity contribution in [2.45, 2.75) is 13.1 Å². The summed E-state index contributed by atoms with van der Waals surface area (Å²) in [6.07, 6.45) is 0. The molecule has 0 bridgehead atoms. The lowest BCUT2D eigenvalue weighted by atomic mass is 10.2. The number of nitrogens with zero attached hydrogens (tertiary/aromatic N) is 2. The predicted octanol–water partition coefficient (Wildman–Crippen LogP) is 3.54. The number of hydrogen-bond donors (Lipinski definition) is 0. The van der Waals surface area contributed by atoms with Crippen LogP contribution in [0.3, 0.4) is 0 Å². The van der Waals surface area contributed by atoms with E-state index in [1.165, 1.54) is 11.1 Å². The highest BCUT2D eigenvalue weighted by atomic mass is 32.1. The molecule has 0 amide bonds. The van der Waals surface area contributed by atoms with E-state index >= 15 is 0 Å². The van der Waals surface area contributed by atoms with Gasteiger partial charge in [-0.3, -0.25) is 0 Å². The first-order valence-electron chi connectivity index (χ1n) is 6.71. The van der Waals surface area contributed by atoms with Crippen molar-refractivity contribution in [2.75, 3.05) is 14.1 Å². The molecular formula is C17H20N2S. The van der Waals surface area contributed by atoms with E-state index in [9.17, 15) is 0 Å². The molecule has 2 nitrogen and oxygen atoms in total. The van der Waals surface area contributed by atoms with E-state index in [0.29, 0.717) is 0 Å². The van der Waals surface area contributed by atoms with Gasteiger partial charge >= 0.3 is 0 Å². The van der Waals surface area contributed by atoms with E-state index in [4.69, 9.17) is 12.2 Å². The van der Waals surface area contributed by atoms with Crippen LogP contribution in [0.2, 0.25) is 0 Å². The molecule has 2 aromatic carbocycles. The molecule has 0 aliphatic rings. The lowest BCUT2D eigenvalue weighted by molar-refractivity contribution is 0.393. The average Bonchev–Trinajstić information content (AvgIpc) is 2.48. The molecule has 0 N–H and O–H groups in total. The fourth-order valence-electron chi connectivity index (χ4n) is 2.14. The van der Waals surface area contributed by atoms with Gasteiger partial charge in [-0.05, 0) is 23.3 Å². The third kappa shape index (κ3) is 4.07. The molecule has 20 heavy (non-hydrogen) atoms. The Morgan fingerprint density at radius 2 is 1.10 bits per heavy atom. The summed E-state index contributed by atoms with van der Waals surface area (Å²) in [4.78, 5) is 4.21. The normalized spacial score (nSPS) is 10.1. The standard InChI is InChI=1S/C17H20N2S/c1-18(13-15-9-5-3-6-10-15)17(20)19(2)14-16-11-7-4-8-12-16/h3-12H,13-14H2,1-2H3. The van der Waals surface area contributed by atoms with Gasteiger partial charge in [0.2, 0.25) is 0 Å². The first kappa shape index (κ1) is 14.5. The van der Waals surface area contributed by atoms with Crippen LogP contribution in [0.15, 0.2) is 60.7 Å². The topological polar surface area (TPSA) is 6.48 Å². The minimum atomic E-state index is 0.832. The Hall–Kier alpha value is -1.87. The smallest absolute Gasteiger partial charge is 0.171 e. The van der Waals surface area contributed by atoms with Crippen LogP contribution in [0.1, 0.15) is 11.1 Å². The van der Waals surface area contributed by atoms with Crippen molar-refractivity contribution in [1.29, 1.82) is 0 Å². The Morgan fingerprint density at radius 1 is 0.750 bits per heavy atom. The molecule has 0 aromatic heterocycles. The van der Waals surface area contributed by atoms with Gasteiger partial charge in [-0.1, -0.05) is 60.7 Å². The van der Waals surface area contributed by atoms with Crippen LogP contribution in [0.5, 0.6) is 0 Å². The highest BCUT2D eigenvalue weighted by molar-refractivity contribution is 7.80. The molecule has 0 aliphatic heterocycles. The van der Waals surface area contributed by atoms with Crippen molar-refractivity contribution in [3.63, 3.8) is 0 Å². The van der Waals surface area contributed by atoms with E-state index in [0.717, 1.165) is 18.2 Å². The average molecular weight is 284 g/mol. The maximum Gasteiger partial charge on any atom is 0.171 e. The van der Waals surface area contributed by atoms with E-state index in [-0.39, 0.29) is 0 Å². The van der Waals surface area contributed by atoms with Crippen LogP contribution in [0.4, 0.5) is 0 Å². The highest BCUT2D eigenvalue weighted by Gasteiger charge is 2.10. The first-order valence-corrected chi connectivity index (χ1v) is 7.11. The van der Waals surface area contributed by atoms with Gasteiger partial charge in [0.15, 0.2) is 5.11 Å². The van der Waals surface area contributed by atoms with Gasteiger partial charge in [0.25, 0.3) is 0 Å². The van der Waals surface area contributed by atoms with Crippen LogP contribution in [-0.2, 0) is 13.1 Å². The van der Waals surface area contributed by atoms with E-state index in [1.54, 1.807) is 0 Å². The van der Waals surface area contributed by atoms with Gasteiger partial charge in [-0.15, -0.1) is 0 Å².